The van der Waals surface area contributed by atoms with Crippen LogP contribution in [0.3, 0.4) is 0 Å². The summed E-state index contributed by atoms with van der Waals surface area (Å²) >= 11 is 0. The van der Waals surface area contributed by atoms with Gasteiger partial charge in [0.1, 0.15) is 5.82 Å². The molecular formula is C16H21FN2O2. The number of fused-ring (bicyclic) bond motifs is 1. The molecule has 2 aliphatic rings. The Labute approximate surface area is 124 Å². The van der Waals surface area contributed by atoms with E-state index < -0.39 is 6.10 Å². The number of likely N-dealkylation sites (N-methyl/N-ethyl adjacent to an activating group) is 1. The molecule has 0 aromatic heterocycles. The lowest BCUT2D eigenvalue weighted by atomic mass is 10.1. The van der Waals surface area contributed by atoms with E-state index in [0.29, 0.717) is 12.5 Å². The first kappa shape index (κ1) is 14.3. The Bertz CT molecular complexity index is 545. The summed E-state index contributed by atoms with van der Waals surface area (Å²) in [7, 11) is 1.70. The minimum absolute atomic E-state index is 0.0615. The van der Waals surface area contributed by atoms with Gasteiger partial charge in [-0.15, -0.1) is 0 Å². The normalized spacial score (nSPS) is 21.8. The highest BCUT2D eigenvalue weighted by molar-refractivity contribution is 5.74. The van der Waals surface area contributed by atoms with E-state index in [9.17, 15) is 14.3 Å². The molecule has 114 valence electrons. The minimum Gasteiger partial charge on any atom is -0.391 e. The number of aliphatic hydroxyl groups excluding tert-OH is 1. The van der Waals surface area contributed by atoms with Crippen LogP contribution < -0.4 is 5.32 Å². The second-order valence-electron chi connectivity index (χ2n) is 6.17. The molecule has 5 heteroatoms. The van der Waals surface area contributed by atoms with E-state index in [1.807, 2.05) is 0 Å². The molecule has 0 heterocycles. The van der Waals surface area contributed by atoms with Gasteiger partial charge in [-0.3, -0.25) is 0 Å². The van der Waals surface area contributed by atoms with Gasteiger partial charge in [0.05, 0.1) is 12.1 Å². The monoisotopic (exact) mass is 292 g/mol. The number of halogens is 1. The summed E-state index contributed by atoms with van der Waals surface area (Å²) in [6.07, 6.45) is 3.26. The first-order chi connectivity index (χ1) is 10.0. The van der Waals surface area contributed by atoms with Crippen LogP contribution in [0.25, 0.3) is 0 Å². The average molecular weight is 292 g/mol. The van der Waals surface area contributed by atoms with Crippen molar-refractivity contribution in [2.75, 3.05) is 13.6 Å². The van der Waals surface area contributed by atoms with Crippen molar-refractivity contribution in [1.82, 2.24) is 10.2 Å². The zero-order valence-electron chi connectivity index (χ0n) is 12.2. The van der Waals surface area contributed by atoms with Crippen molar-refractivity contribution in [2.24, 2.45) is 5.92 Å². The van der Waals surface area contributed by atoms with Crippen LogP contribution in [0.15, 0.2) is 18.2 Å². The standard InChI is InChI=1S/C16H21FN2O2/c1-19(9-15(20)10-2-3-10)16(21)18-14-7-4-11-8-12(17)5-6-13(11)14/h5-6,8,10,14-15,20H,2-4,7,9H2,1H3,(H,18,21). The smallest absolute Gasteiger partial charge is 0.317 e. The van der Waals surface area contributed by atoms with Gasteiger partial charge in [-0.1, -0.05) is 6.07 Å². The molecule has 21 heavy (non-hydrogen) atoms. The molecule has 0 radical (unpaired) electrons. The zero-order valence-corrected chi connectivity index (χ0v) is 12.2. The average Bonchev–Trinajstić information content (AvgIpc) is 3.22. The Morgan fingerprint density at radius 1 is 1.48 bits per heavy atom. The van der Waals surface area contributed by atoms with Gasteiger partial charge < -0.3 is 15.3 Å². The maximum absolute atomic E-state index is 13.2. The largest absolute Gasteiger partial charge is 0.391 e. The second-order valence-corrected chi connectivity index (χ2v) is 6.17. The van der Waals surface area contributed by atoms with E-state index >= 15 is 0 Å². The van der Waals surface area contributed by atoms with Gasteiger partial charge in [0.2, 0.25) is 0 Å². The molecular weight excluding hydrogens is 271 g/mol. The highest BCUT2D eigenvalue weighted by Gasteiger charge is 2.32. The van der Waals surface area contributed by atoms with Gasteiger partial charge in [-0.05, 0) is 54.9 Å². The molecule has 0 spiro atoms. The number of nitrogens with zero attached hydrogens (tertiary/aromatic N) is 1. The molecule has 0 aliphatic heterocycles. The zero-order chi connectivity index (χ0) is 15.0. The number of hydrogen-bond acceptors (Lipinski definition) is 2. The minimum atomic E-state index is -0.425. The number of aliphatic hydroxyl groups is 1. The number of urea groups is 1. The molecule has 1 fully saturated rings. The van der Waals surface area contributed by atoms with Crippen molar-refractivity contribution in [3.8, 4) is 0 Å². The van der Waals surface area contributed by atoms with Crippen molar-refractivity contribution in [2.45, 2.75) is 37.8 Å². The molecule has 2 N–H and O–H groups in total. The van der Waals surface area contributed by atoms with E-state index in [-0.39, 0.29) is 17.9 Å². The lowest BCUT2D eigenvalue weighted by Gasteiger charge is -2.23. The first-order valence-corrected chi connectivity index (χ1v) is 7.52. The predicted molar refractivity (Wildman–Crippen MR) is 77.4 cm³/mol. The van der Waals surface area contributed by atoms with Crippen LogP contribution in [0.5, 0.6) is 0 Å². The van der Waals surface area contributed by atoms with Crippen LogP contribution in [0.4, 0.5) is 9.18 Å². The summed E-state index contributed by atoms with van der Waals surface area (Å²) in [5.74, 6) is 0.126. The van der Waals surface area contributed by atoms with E-state index in [0.717, 1.165) is 36.8 Å². The molecule has 2 unspecified atom stereocenters. The van der Waals surface area contributed by atoms with Crippen molar-refractivity contribution in [1.29, 1.82) is 0 Å². The summed E-state index contributed by atoms with van der Waals surface area (Å²) in [5.41, 5.74) is 1.97. The van der Waals surface area contributed by atoms with Crippen LogP contribution in [0, 0.1) is 11.7 Å². The molecule has 3 rings (SSSR count). The van der Waals surface area contributed by atoms with Gasteiger partial charge in [0.15, 0.2) is 0 Å². The quantitative estimate of drug-likeness (QED) is 0.894. The second kappa shape index (κ2) is 5.64. The lowest BCUT2D eigenvalue weighted by molar-refractivity contribution is 0.112. The van der Waals surface area contributed by atoms with Gasteiger partial charge in [-0.25, -0.2) is 9.18 Å². The van der Waals surface area contributed by atoms with Gasteiger partial charge in [0.25, 0.3) is 0 Å². The summed E-state index contributed by atoms with van der Waals surface area (Å²) in [5, 5.41) is 12.9. The Morgan fingerprint density at radius 3 is 2.95 bits per heavy atom. The summed E-state index contributed by atoms with van der Waals surface area (Å²) in [6.45, 7) is 0.361. The predicted octanol–water partition coefficient (Wildman–Crippen LogP) is 2.23. The molecule has 2 amide bonds. The van der Waals surface area contributed by atoms with Crippen molar-refractivity contribution >= 4 is 6.03 Å². The third-order valence-electron chi connectivity index (χ3n) is 4.45. The van der Waals surface area contributed by atoms with Crippen molar-refractivity contribution in [3.05, 3.63) is 35.1 Å². The summed E-state index contributed by atoms with van der Waals surface area (Å²) < 4.78 is 13.2. The summed E-state index contributed by atoms with van der Waals surface area (Å²) in [6, 6.07) is 4.48. The molecule has 0 saturated heterocycles. The van der Waals surface area contributed by atoms with Crippen LogP contribution in [-0.4, -0.2) is 35.7 Å². The third kappa shape index (κ3) is 3.18. The fourth-order valence-electron chi connectivity index (χ4n) is 2.99. The van der Waals surface area contributed by atoms with Crippen LogP contribution in [-0.2, 0) is 6.42 Å². The number of benzene rings is 1. The van der Waals surface area contributed by atoms with E-state index in [1.165, 1.54) is 11.0 Å². The Kier molecular flexibility index (Phi) is 3.85. The first-order valence-electron chi connectivity index (χ1n) is 7.52. The fourth-order valence-corrected chi connectivity index (χ4v) is 2.99. The number of carbonyl (C=O) groups is 1. The van der Waals surface area contributed by atoms with Crippen LogP contribution >= 0.6 is 0 Å². The number of rotatable bonds is 4. The molecule has 2 aliphatic carbocycles. The molecule has 4 nitrogen and oxygen atoms in total. The highest BCUT2D eigenvalue weighted by Crippen LogP contribution is 2.33. The molecule has 1 aromatic rings. The summed E-state index contributed by atoms with van der Waals surface area (Å²) in [4.78, 5) is 13.7. The Hall–Kier alpha value is -1.62. The third-order valence-corrected chi connectivity index (χ3v) is 4.45. The molecule has 2 atom stereocenters. The maximum atomic E-state index is 13.2. The SMILES string of the molecule is CN(CC(O)C1CC1)C(=O)NC1CCc2cc(F)ccc21. The van der Waals surface area contributed by atoms with Gasteiger partial charge in [0, 0.05) is 13.6 Å². The Balaban J connectivity index is 1.58. The van der Waals surface area contributed by atoms with Crippen LogP contribution in [0.1, 0.15) is 36.4 Å². The van der Waals surface area contributed by atoms with E-state index in [4.69, 9.17) is 0 Å². The van der Waals surface area contributed by atoms with Crippen molar-refractivity contribution in [3.63, 3.8) is 0 Å². The van der Waals surface area contributed by atoms with Gasteiger partial charge in [-0.2, -0.15) is 0 Å². The van der Waals surface area contributed by atoms with E-state index in [2.05, 4.69) is 5.32 Å². The number of carbonyl (C=O) groups excluding carboxylic acids is 1. The fraction of sp³-hybridized carbons (Fsp3) is 0.562. The van der Waals surface area contributed by atoms with Gasteiger partial charge >= 0.3 is 6.03 Å². The molecule has 0 bridgehead atoms. The topological polar surface area (TPSA) is 52.6 Å². The Morgan fingerprint density at radius 2 is 2.24 bits per heavy atom. The van der Waals surface area contributed by atoms with Crippen molar-refractivity contribution < 1.29 is 14.3 Å². The molecule has 1 aromatic carbocycles. The van der Waals surface area contributed by atoms with E-state index in [1.54, 1.807) is 19.2 Å². The van der Waals surface area contributed by atoms with Crippen LogP contribution in [0.2, 0.25) is 0 Å². The number of nitrogens with one attached hydrogen (secondary N) is 1. The number of amides is 2. The maximum Gasteiger partial charge on any atom is 0.317 e. The molecule has 1 saturated carbocycles. The lowest BCUT2D eigenvalue weighted by Crippen LogP contribution is -2.42. The highest BCUT2D eigenvalue weighted by atomic mass is 19.1. The number of hydrogen-bond donors (Lipinski definition) is 2. The number of aryl methyl sites for hydroxylation is 1.